The van der Waals surface area contributed by atoms with Gasteiger partial charge in [-0.25, -0.2) is 0 Å². The summed E-state index contributed by atoms with van der Waals surface area (Å²) in [6.07, 6.45) is 15.7. The quantitative estimate of drug-likeness (QED) is 0.256. The molecule has 0 aliphatic rings. The third kappa shape index (κ3) is 12.7. The maximum absolute atomic E-state index is 11.9. The van der Waals surface area contributed by atoms with Crippen molar-refractivity contribution in [3.05, 3.63) is 35.9 Å². The van der Waals surface area contributed by atoms with Gasteiger partial charge in [-0.2, -0.15) is 0 Å². The van der Waals surface area contributed by atoms with E-state index in [1.807, 2.05) is 25.1 Å². The van der Waals surface area contributed by atoms with Crippen LogP contribution in [0.25, 0.3) is 0 Å². The summed E-state index contributed by atoms with van der Waals surface area (Å²) in [6.45, 7) is 4.24. The Kier molecular flexibility index (Phi) is 13.0. The highest BCUT2D eigenvalue weighted by atomic mass is 16.5. The summed E-state index contributed by atoms with van der Waals surface area (Å²) in [5.41, 5.74) is 1.22. The van der Waals surface area contributed by atoms with E-state index in [-0.39, 0.29) is 12.1 Å². The minimum Gasteiger partial charge on any atom is -0.462 e. The van der Waals surface area contributed by atoms with Gasteiger partial charge in [-0.15, -0.1) is 0 Å². The number of hydrogen-bond acceptors (Lipinski definition) is 2. The molecule has 1 rings (SSSR count). The maximum Gasteiger partial charge on any atom is 0.306 e. The maximum atomic E-state index is 11.9. The van der Waals surface area contributed by atoms with Crippen molar-refractivity contribution in [1.82, 2.24) is 0 Å². The van der Waals surface area contributed by atoms with Crippen molar-refractivity contribution in [2.24, 2.45) is 0 Å². The molecule has 0 fully saturated rings. The standard InChI is InChI=1S/C23H38O2/c1-3-4-5-6-7-8-9-10-11-12-16-19-23(24)25-21(2)20-22-17-14-13-15-18-22/h13-15,17-18,21H,3-12,16,19-20H2,1-2H3/t21-/m1/s1. The Morgan fingerprint density at radius 1 is 0.840 bits per heavy atom. The molecule has 0 aromatic heterocycles. The number of ether oxygens (including phenoxy) is 1. The van der Waals surface area contributed by atoms with Crippen LogP contribution in [-0.2, 0) is 16.0 Å². The van der Waals surface area contributed by atoms with Crippen LogP contribution >= 0.6 is 0 Å². The first-order chi connectivity index (χ1) is 12.2. The Hall–Kier alpha value is -1.31. The topological polar surface area (TPSA) is 26.3 Å². The van der Waals surface area contributed by atoms with E-state index in [4.69, 9.17) is 4.74 Å². The molecule has 2 nitrogen and oxygen atoms in total. The smallest absolute Gasteiger partial charge is 0.306 e. The van der Waals surface area contributed by atoms with Gasteiger partial charge in [0, 0.05) is 12.8 Å². The molecule has 0 bridgehead atoms. The Bertz CT molecular complexity index is 427. The molecule has 1 atom stereocenters. The van der Waals surface area contributed by atoms with E-state index in [0.29, 0.717) is 6.42 Å². The number of carbonyl (C=O) groups excluding carboxylic acids is 1. The number of rotatable bonds is 15. The molecule has 0 saturated carbocycles. The third-order valence-corrected chi connectivity index (χ3v) is 4.68. The summed E-state index contributed by atoms with van der Waals surface area (Å²) in [7, 11) is 0. The molecule has 1 aromatic rings. The van der Waals surface area contributed by atoms with E-state index in [9.17, 15) is 4.79 Å². The first-order valence-electron chi connectivity index (χ1n) is 10.5. The molecule has 0 spiro atoms. The van der Waals surface area contributed by atoms with Gasteiger partial charge in [0.2, 0.25) is 0 Å². The molecule has 142 valence electrons. The predicted octanol–water partition coefficient (Wildman–Crippen LogP) is 6.86. The van der Waals surface area contributed by atoms with Gasteiger partial charge in [0.1, 0.15) is 6.10 Å². The Labute approximate surface area is 155 Å². The molecule has 0 amide bonds. The van der Waals surface area contributed by atoms with Crippen molar-refractivity contribution in [3.8, 4) is 0 Å². The summed E-state index contributed by atoms with van der Waals surface area (Å²) in [5.74, 6) is -0.0423. The zero-order valence-corrected chi connectivity index (χ0v) is 16.5. The van der Waals surface area contributed by atoms with Crippen LogP contribution in [0.3, 0.4) is 0 Å². The highest BCUT2D eigenvalue weighted by molar-refractivity contribution is 5.69. The fraction of sp³-hybridized carbons (Fsp3) is 0.696. The second-order valence-electron chi connectivity index (χ2n) is 7.28. The van der Waals surface area contributed by atoms with Crippen LogP contribution in [0.5, 0.6) is 0 Å². The van der Waals surface area contributed by atoms with Gasteiger partial charge in [0.15, 0.2) is 0 Å². The van der Waals surface area contributed by atoms with E-state index in [1.54, 1.807) is 0 Å². The molecule has 0 radical (unpaired) electrons. The average Bonchev–Trinajstić information content (AvgIpc) is 2.60. The first kappa shape index (κ1) is 21.7. The lowest BCUT2D eigenvalue weighted by molar-refractivity contribution is -0.148. The van der Waals surface area contributed by atoms with E-state index < -0.39 is 0 Å². The molecule has 25 heavy (non-hydrogen) atoms. The van der Waals surface area contributed by atoms with E-state index >= 15 is 0 Å². The monoisotopic (exact) mass is 346 g/mol. The van der Waals surface area contributed by atoms with Gasteiger partial charge in [0.05, 0.1) is 0 Å². The Morgan fingerprint density at radius 3 is 1.92 bits per heavy atom. The molecule has 0 unspecified atom stereocenters. The van der Waals surface area contributed by atoms with Crippen LogP contribution in [0.2, 0.25) is 0 Å². The molecule has 0 N–H and O–H groups in total. The van der Waals surface area contributed by atoms with E-state index in [2.05, 4.69) is 19.1 Å². The number of esters is 1. The van der Waals surface area contributed by atoms with Crippen molar-refractivity contribution in [2.75, 3.05) is 0 Å². The highest BCUT2D eigenvalue weighted by Gasteiger charge is 2.09. The molecule has 0 heterocycles. The number of carbonyl (C=O) groups is 1. The number of unbranched alkanes of at least 4 members (excludes halogenated alkanes) is 10. The molecule has 2 heteroatoms. The fourth-order valence-corrected chi connectivity index (χ4v) is 3.20. The Morgan fingerprint density at radius 2 is 1.36 bits per heavy atom. The lowest BCUT2D eigenvalue weighted by Gasteiger charge is -2.13. The zero-order valence-electron chi connectivity index (χ0n) is 16.5. The van der Waals surface area contributed by atoms with Crippen molar-refractivity contribution in [2.45, 2.75) is 103 Å². The van der Waals surface area contributed by atoms with Gasteiger partial charge >= 0.3 is 5.97 Å². The lowest BCUT2D eigenvalue weighted by atomic mass is 10.1. The molecular weight excluding hydrogens is 308 g/mol. The second-order valence-corrected chi connectivity index (χ2v) is 7.28. The van der Waals surface area contributed by atoms with Gasteiger partial charge in [-0.1, -0.05) is 101 Å². The van der Waals surface area contributed by atoms with Crippen LogP contribution in [0.15, 0.2) is 30.3 Å². The fourth-order valence-electron chi connectivity index (χ4n) is 3.20. The molecule has 0 aliphatic carbocycles. The van der Waals surface area contributed by atoms with Crippen molar-refractivity contribution in [1.29, 1.82) is 0 Å². The summed E-state index contributed by atoms with van der Waals surface area (Å²) in [4.78, 5) is 11.9. The molecule has 0 aliphatic heterocycles. The van der Waals surface area contributed by atoms with Gasteiger partial charge in [-0.3, -0.25) is 4.79 Å². The van der Waals surface area contributed by atoms with Crippen LogP contribution in [0.4, 0.5) is 0 Å². The van der Waals surface area contributed by atoms with Gasteiger partial charge < -0.3 is 4.74 Å². The second kappa shape index (κ2) is 15.0. The third-order valence-electron chi connectivity index (χ3n) is 4.68. The highest BCUT2D eigenvalue weighted by Crippen LogP contribution is 2.13. The Balaban J connectivity index is 1.91. The minimum atomic E-state index is -0.0423. The lowest BCUT2D eigenvalue weighted by Crippen LogP contribution is -2.17. The summed E-state index contributed by atoms with van der Waals surface area (Å²) in [5, 5.41) is 0. The molecule has 0 saturated heterocycles. The van der Waals surface area contributed by atoms with Crippen LogP contribution in [0, 0.1) is 0 Å². The average molecular weight is 347 g/mol. The normalized spacial score (nSPS) is 12.1. The largest absolute Gasteiger partial charge is 0.462 e. The van der Waals surface area contributed by atoms with Crippen molar-refractivity contribution in [3.63, 3.8) is 0 Å². The summed E-state index contributed by atoms with van der Waals surface area (Å²) < 4.78 is 5.51. The predicted molar refractivity (Wildman–Crippen MR) is 107 cm³/mol. The summed E-state index contributed by atoms with van der Waals surface area (Å²) in [6, 6.07) is 10.2. The summed E-state index contributed by atoms with van der Waals surface area (Å²) >= 11 is 0. The minimum absolute atomic E-state index is 0.0393. The first-order valence-corrected chi connectivity index (χ1v) is 10.5. The van der Waals surface area contributed by atoms with Crippen molar-refractivity contribution >= 4 is 5.97 Å². The van der Waals surface area contributed by atoms with Crippen LogP contribution in [0.1, 0.15) is 96.5 Å². The molecule has 1 aromatic carbocycles. The van der Waals surface area contributed by atoms with E-state index in [0.717, 1.165) is 19.3 Å². The van der Waals surface area contributed by atoms with Crippen LogP contribution in [-0.4, -0.2) is 12.1 Å². The van der Waals surface area contributed by atoms with Gasteiger partial charge in [0.25, 0.3) is 0 Å². The SMILES string of the molecule is CCCCCCCCCCCCCC(=O)O[C@H](C)Cc1ccccc1. The molecular formula is C23H38O2. The zero-order chi connectivity index (χ0) is 18.2. The van der Waals surface area contributed by atoms with Crippen LogP contribution < -0.4 is 0 Å². The number of benzene rings is 1. The van der Waals surface area contributed by atoms with E-state index in [1.165, 1.54) is 63.4 Å². The number of hydrogen-bond donors (Lipinski definition) is 0. The van der Waals surface area contributed by atoms with Crippen molar-refractivity contribution < 1.29 is 9.53 Å². The van der Waals surface area contributed by atoms with Gasteiger partial charge in [-0.05, 0) is 18.9 Å².